The molecule has 18 heavy (non-hydrogen) atoms. The molecule has 0 amide bonds. The van der Waals surface area contributed by atoms with Crippen LogP contribution in [0.2, 0.25) is 10.0 Å². The maximum absolute atomic E-state index is 6.14. The quantitative estimate of drug-likeness (QED) is 0.859. The number of rotatable bonds is 4. The van der Waals surface area contributed by atoms with Crippen LogP contribution in [0, 0.1) is 0 Å². The second-order valence-corrected chi connectivity index (χ2v) is 6.56. The summed E-state index contributed by atoms with van der Waals surface area (Å²) in [6.45, 7) is 6.68. The smallest absolute Gasteiger partial charge is 0.0542 e. The lowest BCUT2D eigenvalue weighted by Gasteiger charge is -2.31. The number of benzene rings is 1. The summed E-state index contributed by atoms with van der Waals surface area (Å²) in [5.74, 6) is 1.05. The van der Waals surface area contributed by atoms with Gasteiger partial charge in [-0.3, -0.25) is 4.90 Å². The number of halogens is 2. The van der Waals surface area contributed by atoms with Gasteiger partial charge in [-0.05, 0) is 25.1 Å². The van der Waals surface area contributed by atoms with Crippen LogP contribution in [0.15, 0.2) is 23.1 Å². The first-order valence-electron chi connectivity index (χ1n) is 6.19. The van der Waals surface area contributed by atoms with Crippen molar-refractivity contribution < 1.29 is 0 Å². The molecule has 1 saturated heterocycles. The molecule has 1 heterocycles. The van der Waals surface area contributed by atoms with E-state index >= 15 is 0 Å². The van der Waals surface area contributed by atoms with Crippen LogP contribution < -0.4 is 5.32 Å². The van der Waals surface area contributed by atoms with E-state index in [1.165, 1.54) is 0 Å². The van der Waals surface area contributed by atoms with Gasteiger partial charge in [0, 0.05) is 47.9 Å². The highest BCUT2D eigenvalue weighted by Crippen LogP contribution is 2.29. The van der Waals surface area contributed by atoms with Crippen LogP contribution in [0.3, 0.4) is 0 Å². The van der Waals surface area contributed by atoms with Gasteiger partial charge in [-0.25, -0.2) is 0 Å². The van der Waals surface area contributed by atoms with Gasteiger partial charge in [-0.2, -0.15) is 0 Å². The maximum atomic E-state index is 6.14. The summed E-state index contributed by atoms with van der Waals surface area (Å²) in [6.07, 6.45) is 0. The summed E-state index contributed by atoms with van der Waals surface area (Å²) in [7, 11) is 0. The Labute approximate surface area is 123 Å². The summed E-state index contributed by atoms with van der Waals surface area (Å²) < 4.78 is 0. The average molecular weight is 305 g/mol. The van der Waals surface area contributed by atoms with Crippen LogP contribution in [-0.4, -0.2) is 42.9 Å². The molecule has 2 rings (SSSR count). The van der Waals surface area contributed by atoms with E-state index in [1.807, 2.05) is 18.2 Å². The van der Waals surface area contributed by atoms with Gasteiger partial charge in [0.05, 0.1) is 5.02 Å². The van der Waals surface area contributed by atoms with E-state index in [-0.39, 0.29) is 0 Å². The molecule has 0 bridgehead atoms. The molecule has 1 aliphatic heterocycles. The van der Waals surface area contributed by atoms with Crippen LogP contribution in [0.4, 0.5) is 0 Å². The van der Waals surface area contributed by atoms with E-state index in [1.54, 1.807) is 11.8 Å². The topological polar surface area (TPSA) is 15.3 Å². The number of nitrogens with one attached hydrogen (secondary N) is 1. The Hall–Kier alpha value is 0.0700. The summed E-state index contributed by atoms with van der Waals surface area (Å²) >= 11 is 13.9. The fourth-order valence-electron chi connectivity index (χ4n) is 2.09. The molecular formula is C13H18Cl2N2S. The van der Waals surface area contributed by atoms with E-state index in [2.05, 4.69) is 17.1 Å². The molecule has 0 radical (unpaired) electrons. The molecule has 1 aliphatic rings. The van der Waals surface area contributed by atoms with Gasteiger partial charge < -0.3 is 5.32 Å². The highest BCUT2D eigenvalue weighted by atomic mass is 35.5. The Bertz CT molecular complexity index is 401. The Morgan fingerprint density at radius 1 is 1.44 bits per heavy atom. The second kappa shape index (κ2) is 7.01. The standard InChI is InChI=1S/C13H18Cl2N2S/c1-10-9-17(5-4-16-10)6-7-18-13-8-11(14)2-3-12(13)15/h2-3,8,10,16H,4-7,9H2,1H3/t10-/m0/s1. The summed E-state index contributed by atoms with van der Waals surface area (Å²) in [5.41, 5.74) is 0. The zero-order valence-electron chi connectivity index (χ0n) is 10.5. The molecule has 1 aromatic carbocycles. The van der Waals surface area contributed by atoms with Crippen molar-refractivity contribution in [2.24, 2.45) is 0 Å². The molecule has 0 aliphatic carbocycles. The largest absolute Gasteiger partial charge is 0.312 e. The molecule has 100 valence electrons. The van der Waals surface area contributed by atoms with Crippen molar-refractivity contribution >= 4 is 35.0 Å². The second-order valence-electron chi connectivity index (χ2n) is 4.58. The summed E-state index contributed by atoms with van der Waals surface area (Å²) in [5, 5.41) is 4.99. The number of piperazine rings is 1. The van der Waals surface area contributed by atoms with Gasteiger partial charge in [-0.15, -0.1) is 11.8 Å². The van der Waals surface area contributed by atoms with Crippen molar-refractivity contribution in [3.8, 4) is 0 Å². The van der Waals surface area contributed by atoms with E-state index in [0.29, 0.717) is 6.04 Å². The number of nitrogens with zero attached hydrogens (tertiary/aromatic N) is 1. The van der Waals surface area contributed by atoms with Gasteiger partial charge in [-0.1, -0.05) is 23.2 Å². The van der Waals surface area contributed by atoms with Gasteiger partial charge in [0.2, 0.25) is 0 Å². The molecule has 1 aromatic rings. The van der Waals surface area contributed by atoms with Crippen LogP contribution >= 0.6 is 35.0 Å². The summed E-state index contributed by atoms with van der Waals surface area (Å²) in [4.78, 5) is 3.57. The first-order valence-corrected chi connectivity index (χ1v) is 7.93. The fraction of sp³-hybridized carbons (Fsp3) is 0.538. The predicted molar refractivity (Wildman–Crippen MR) is 81.1 cm³/mol. The Morgan fingerprint density at radius 2 is 2.28 bits per heavy atom. The van der Waals surface area contributed by atoms with Crippen molar-refractivity contribution in [3.63, 3.8) is 0 Å². The molecule has 1 N–H and O–H groups in total. The third-order valence-electron chi connectivity index (χ3n) is 3.01. The van der Waals surface area contributed by atoms with Gasteiger partial charge in [0.25, 0.3) is 0 Å². The monoisotopic (exact) mass is 304 g/mol. The third-order valence-corrected chi connectivity index (χ3v) is 4.72. The average Bonchev–Trinajstić information content (AvgIpc) is 2.34. The van der Waals surface area contributed by atoms with E-state index in [4.69, 9.17) is 23.2 Å². The SMILES string of the molecule is C[C@H]1CN(CCSc2cc(Cl)ccc2Cl)CCN1. The molecule has 1 atom stereocenters. The maximum Gasteiger partial charge on any atom is 0.0542 e. The van der Waals surface area contributed by atoms with E-state index in [9.17, 15) is 0 Å². The van der Waals surface area contributed by atoms with Crippen LogP contribution in [0.1, 0.15) is 6.92 Å². The minimum absolute atomic E-state index is 0.596. The van der Waals surface area contributed by atoms with Crippen molar-refractivity contribution in [1.29, 1.82) is 0 Å². The predicted octanol–water partition coefficient (Wildman–Crippen LogP) is 3.38. The highest BCUT2D eigenvalue weighted by Gasteiger charge is 2.14. The molecule has 1 fully saturated rings. The lowest BCUT2D eigenvalue weighted by atomic mass is 10.2. The third kappa shape index (κ3) is 4.32. The van der Waals surface area contributed by atoms with Gasteiger partial charge >= 0.3 is 0 Å². The van der Waals surface area contributed by atoms with Crippen molar-refractivity contribution in [2.45, 2.75) is 17.9 Å². The van der Waals surface area contributed by atoms with Gasteiger partial charge in [0.15, 0.2) is 0 Å². The van der Waals surface area contributed by atoms with E-state index in [0.717, 1.165) is 46.9 Å². The van der Waals surface area contributed by atoms with Crippen molar-refractivity contribution in [3.05, 3.63) is 28.2 Å². The Morgan fingerprint density at radius 3 is 3.06 bits per heavy atom. The molecular weight excluding hydrogens is 287 g/mol. The lowest BCUT2D eigenvalue weighted by Crippen LogP contribution is -2.49. The fourth-order valence-corrected chi connectivity index (χ4v) is 3.59. The number of thioether (sulfide) groups is 1. The Balaban J connectivity index is 1.79. The van der Waals surface area contributed by atoms with Crippen LogP contribution in [-0.2, 0) is 0 Å². The highest BCUT2D eigenvalue weighted by molar-refractivity contribution is 7.99. The van der Waals surface area contributed by atoms with Crippen molar-refractivity contribution in [2.75, 3.05) is 31.9 Å². The van der Waals surface area contributed by atoms with Gasteiger partial charge in [0.1, 0.15) is 0 Å². The normalized spacial score (nSPS) is 21.2. The zero-order chi connectivity index (χ0) is 13.0. The first-order chi connectivity index (χ1) is 8.65. The Kier molecular flexibility index (Phi) is 5.64. The molecule has 5 heteroatoms. The van der Waals surface area contributed by atoms with Crippen molar-refractivity contribution in [1.82, 2.24) is 10.2 Å². The molecule has 0 spiro atoms. The van der Waals surface area contributed by atoms with E-state index < -0.39 is 0 Å². The summed E-state index contributed by atoms with van der Waals surface area (Å²) in [6, 6.07) is 6.22. The number of hydrogen-bond acceptors (Lipinski definition) is 3. The minimum Gasteiger partial charge on any atom is -0.312 e. The first kappa shape index (κ1) is 14.5. The number of hydrogen-bond donors (Lipinski definition) is 1. The molecule has 2 nitrogen and oxygen atoms in total. The van der Waals surface area contributed by atoms with Crippen LogP contribution in [0.25, 0.3) is 0 Å². The molecule has 0 unspecified atom stereocenters. The molecule has 0 saturated carbocycles. The molecule has 0 aromatic heterocycles. The zero-order valence-corrected chi connectivity index (χ0v) is 12.8. The minimum atomic E-state index is 0.596. The lowest BCUT2D eigenvalue weighted by molar-refractivity contribution is 0.218. The van der Waals surface area contributed by atoms with Crippen LogP contribution in [0.5, 0.6) is 0 Å².